The van der Waals surface area contributed by atoms with Crippen LogP contribution in [0.1, 0.15) is 42.3 Å². The molecule has 0 atom stereocenters. The summed E-state index contributed by atoms with van der Waals surface area (Å²) in [7, 11) is 1.84. The van der Waals surface area contributed by atoms with E-state index in [9.17, 15) is 0 Å². The number of thiazole rings is 1. The van der Waals surface area contributed by atoms with Crippen LogP contribution in [0.5, 0.6) is 0 Å². The first-order chi connectivity index (χ1) is 10.5. The van der Waals surface area contributed by atoms with Crippen LogP contribution in [0.25, 0.3) is 0 Å². The van der Waals surface area contributed by atoms with Crippen molar-refractivity contribution in [2.24, 2.45) is 4.99 Å². The molecule has 0 amide bonds. The lowest BCUT2D eigenvalue weighted by Crippen LogP contribution is -2.49. The summed E-state index contributed by atoms with van der Waals surface area (Å²) in [5, 5.41) is 8.10. The SMILES string of the molecule is CN=C(NCc1sc(C)nc1C)NC1CCN(C(C)C)CC1. The number of aryl methyl sites for hydroxylation is 2. The van der Waals surface area contributed by atoms with E-state index in [1.165, 1.54) is 30.8 Å². The minimum absolute atomic E-state index is 0.519. The van der Waals surface area contributed by atoms with Crippen molar-refractivity contribution in [3.8, 4) is 0 Å². The highest BCUT2D eigenvalue weighted by atomic mass is 32.1. The number of hydrogen-bond donors (Lipinski definition) is 2. The lowest BCUT2D eigenvalue weighted by atomic mass is 10.0. The van der Waals surface area contributed by atoms with Crippen molar-refractivity contribution < 1.29 is 0 Å². The molecule has 1 aliphatic rings. The Morgan fingerprint density at radius 3 is 2.55 bits per heavy atom. The number of rotatable bonds is 4. The van der Waals surface area contributed by atoms with Crippen molar-refractivity contribution in [3.63, 3.8) is 0 Å². The molecule has 2 N–H and O–H groups in total. The van der Waals surface area contributed by atoms with Gasteiger partial charge in [0.05, 0.1) is 17.2 Å². The van der Waals surface area contributed by atoms with E-state index < -0.39 is 0 Å². The van der Waals surface area contributed by atoms with Gasteiger partial charge >= 0.3 is 0 Å². The predicted molar refractivity (Wildman–Crippen MR) is 94.7 cm³/mol. The summed E-state index contributed by atoms with van der Waals surface area (Å²) in [6, 6.07) is 1.17. The second-order valence-electron chi connectivity index (χ2n) is 6.22. The molecule has 0 aliphatic carbocycles. The normalized spacial score (nSPS) is 18.0. The summed E-state index contributed by atoms with van der Waals surface area (Å²) in [5.74, 6) is 0.897. The number of nitrogens with zero attached hydrogens (tertiary/aromatic N) is 3. The molecule has 0 aromatic carbocycles. The van der Waals surface area contributed by atoms with Gasteiger partial charge in [0.2, 0.25) is 0 Å². The molecule has 0 radical (unpaired) electrons. The van der Waals surface area contributed by atoms with E-state index in [4.69, 9.17) is 0 Å². The molecule has 1 aliphatic heterocycles. The molecular formula is C16H29N5S. The Kier molecular flexibility index (Phi) is 6.20. The molecule has 1 fully saturated rings. The second kappa shape index (κ2) is 7.92. The molecule has 124 valence electrons. The average Bonchev–Trinajstić information content (AvgIpc) is 2.81. The summed E-state index contributed by atoms with van der Waals surface area (Å²) < 4.78 is 0. The molecule has 22 heavy (non-hydrogen) atoms. The monoisotopic (exact) mass is 323 g/mol. The predicted octanol–water partition coefficient (Wildman–Crippen LogP) is 2.30. The first-order valence-electron chi connectivity index (χ1n) is 8.13. The molecule has 0 bridgehead atoms. The van der Waals surface area contributed by atoms with Gasteiger partial charge in [-0.15, -0.1) is 11.3 Å². The fraction of sp³-hybridized carbons (Fsp3) is 0.750. The number of nitrogens with one attached hydrogen (secondary N) is 2. The van der Waals surface area contributed by atoms with Gasteiger partial charge < -0.3 is 15.5 Å². The third-order valence-electron chi connectivity index (χ3n) is 4.24. The number of guanidine groups is 1. The Hall–Kier alpha value is -1.14. The zero-order valence-electron chi connectivity index (χ0n) is 14.4. The Morgan fingerprint density at radius 2 is 2.05 bits per heavy atom. The van der Waals surface area contributed by atoms with E-state index in [0.29, 0.717) is 12.1 Å². The summed E-state index contributed by atoms with van der Waals surface area (Å²) >= 11 is 1.75. The maximum Gasteiger partial charge on any atom is 0.191 e. The van der Waals surface area contributed by atoms with Crippen molar-refractivity contribution in [2.75, 3.05) is 20.1 Å². The van der Waals surface area contributed by atoms with Gasteiger partial charge in [-0.05, 0) is 40.5 Å². The lowest BCUT2D eigenvalue weighted by Gasteiger charge is -2.35. The van der Waals surface area contributed by atoms with E-state index in [-0.39, 0.29) is 0 Å². The summed E-state index contributed by atoms with van der Waals surface area (Å²) in [6.07, 6.45) is 2.36. The van der Waals surface area contributed by atoms with Gasteiger partial charge in [0, 0.05) is 37.1 Å². The van der Waals surface area contributed by atoms with Gasteiger partial charge in [-0.2, -0.15) is 0 Å². The van der Waals surface area contributed by atoms with Crippen LogP contribution in [0, 0.1) is 13.8 Å². The van der Waals surface area contributed by atoms with Crippen LogP contribution in [-0.4, -0.2) is 48.1 Å². The van der Waals surface area contributed by atoms with Crippen molar-refractivity contribution in [3.05, 3.63) is 15.6 Å². The number of hydrogen-bond acceptors (Lipinski definition) is 4. The highest BCUT2D eigenvalue weighted by molar-refractivity contribution is 7.11. The van der Waals surface area contributed by atoms with Gasteiger partial charge in [0.15, 0.2) is 5.96 Å². The molecule has 6 heteroatoms. The number of piperidine rings is 1. The van der Waals surface area contributed by atoms with Gasteiger partial charge in [-0.25, -0.2) is 4.98 Å². The number of aromatic nitrogens is 1. The largest absolute Gasteiger partial charge is 0.354 e. The highest BCUT2D eigenvalue weighted by Crippen LogP contribution is 2.16. The molecule has 0 unspecified atom stereocenters. The first kappa shape index (κ1) is 17.2. The maximum atomic E-state index is 4.47. The molecule has 1 aromatic heterocycles. The topological polar surface area (TPSA) is 52.6 Å². The quantitative estimate of drug-likeness (QED) is 0.659. The van der Waals surface area contributed by atoms with E-state index in [1.54, 1.807) is 11.3 Å². The second-order valence-corrected chi connectivity index (χ2v) is 7.50. The van der Waals surface area contributed by atoms with E-state index in [1.807, 2.05) is 7.05 Å². The van der Waals surface area contributed by atoms with Crippen molar-refractivity contribution in [1.29, 1.82) is 0 Å². The Morgan fingerprint density at radius 1 is 1.36 bits per heavy atom. The van der Waals surface area contributed by atoms with Crippen LogP contribution in [0.15, 0.2) is 4.99 Å². The third-order valence-corrected chi connectivity index (χ3v) is 5.31. The third kappa shape index (κ3) is 4.68. The number of likely N-dealkylation sites (tertiary alicyclic amines) is 1. The molecule has 1 aromatic rings. The molecular weight excluding hydrogens is 294 g/mol. The minimum Gasteiger partial charge on any atom is -0.354 e. The molecule has 5 nitrogen and oxygen atoms in total. The summed E-state index contributed by atoms with van der Waals surface area (Å²) in [6.45, 7) is 11.8. The Labute approximate surface area is 138 Å². The zero-order valence-corrected chi connectivity index (χ0v) is 15.3. The van der Waals surface area contributed by atoms with Crippen LogP contribution < -0.4 is 10.6 Å². The van der Waals surface area contributed by atoms with Gasteiger partial charge in [0.1, 0.15) is 0 Å². The molecule has 2 heterocycles. The minimum atomic E-state index is 0.519. The van der Waals surface area contributed by atoms with Crippen LogP contribution >= 0.6 is 11.3 Å². The summed E-state index contributed by atoms with van der Waals surface area (Å²) in [4.78, 5) is 12.6. The van der Waals surface area contributed by atoms with Gasteiger partial charge in [0.25, 0.3) is 0 Å². The number of aliphatic imine (C=N–C) groups is 1. The first-order valence-corrected chi connectivity index (χ1v) is 8.95. The van der Waals surface area contributed by atoms with Crippen molar-refractivity contribution in [1.82, 2.24) is 20.5 Å². The van der Waals surface area contributed by atoms with Crippen LogP contribution in [0.3, 0.4) is 0 Å². The van der Waals surface area contributed by atoms with E-state index in [2.05, 4.69) is 53.2 Å². The Balaban J connectivity index is 1.80. The van der Waals surface area contributed by atoms with Crippen LogP contribution in [-0.2, 0) is 6.54 Å². The lowest BCUT2D eigenvalue weighted by molar-refractivity contribution is 0.167. The fourth-order valence-electron chi connectivity index (χ4n) is 2.85. The maximum absolute atomic E-state index is 4.47. The van der Waals surface area contributed by atoms with Gasteiger partial charge in [-0.1, -0.05) is 0 Å². The highest BCUT2D eigenvalue weighted by Gasteiger charge is 2.21. The fourth-order valence-corrected chi connectivity index (χ4v) is 3.73. The molecule has 1 saturated heterocycles. The smallest absolute Gasteiger partial charge is 0.191 e. The van der Waals surface area contributed by atoms with E-state index >= 15 is 0 Å². The zero-order chi connectivity index (χ0) is 16.1. The molecule has 0 saturated carbocycles. The van der Waals surface area contributed by atoms with Gasteiger partial charge in [-0.3, -0.25) is 4.99 Å². The summed E-state index contributed by atoms with van der Waals surface area (Å²) in [5.41, 5.74) is 1.12. The average molecular weight is 324 g/mol. The molecule has 0 spiro atoms. The Bertz CT molecular complexity index is 501. The standard InChI is InChI=1S/C16H29N5S/c1-11(2)21-8-6-14(7-9-21)20-16(17-5)18-10-15-12(3)19-13(4)22-15/h11,14H,6-10H2,1-5H3,(H2,17,18,20). The van der Waals surface area contributed by atoms with Crippen LogP contribution in [0.4, 0.5) is 0 Å². The van der Waals surface area contributed by atoms with E-state index in [0.717, 1.165) is 23.2 Å². The van der Waals surface area contributed by atoms with Crippen LogP contribution in [0.2, 0.25) is 0 Å². The van der Waals surface area contributed by atoms with Crippen molar-refractivity contribution >= 4 is 17.3 Å². The van der Waals surface area contributed by atoms with Crippen molar-refractivity contribution in [2.45, 2.75) is 59.2 Å². The molecule has 2 rings (SSSR count).